The van der Waals surface area contributed by atoms with Crippen LogP contribution in [-0.2, 0) is 0 Å². The van der Waals surface area contributed by atoms with Gasteiger partial charge in [0.25, 0.3) is 0 Å². The van der Waals surface area contributed by atoms with Gasteiger partial charge in [-0.05, 0) is 31.6 Å². The zero-order chi connectivity index (χ0) is 11.1. The largest absolute Gasteiger partial charge is 0.314 e. The van der Waals surface area contributed by atoms with Crippen LogP contribution in [0.4, 0.5) is 0 Å². The van der Waals surface area contributed by atoms with Gasteiger partial charge in [-0.15, -0.1) is 0 Å². The summed E-state index contributed by atoms with van der Waals surface area (Å²) < 4.78 is 0. The van der Waals surface area contributed by atoms with Gasteiger partial charge >= 0.3 is 0 Å². The van der Waals surface area contributed by atoms with Gasteiger partial charge in [-0.25, -0.2) is 0 Å². The summed E-state index contributed by atoms with van der Waals surface area (Å²) in [6.07, 6.45) is 8.47. The van der Waals surface area contributed by atoms with Crippen molar-refractivity contribution in [3.63, 3.8) is 0 Å². The van der Waals surface area contributed by atoms with E-state index in [1.807, 2.05) is 0 Å². The van der Waals surface area contributed by atoms with Crippen LogP contribution < -0.4 is 5.32 Å². The Morgan fingerprint density at radius 2 is 2.13 bits per heavy atom. The molecule has 1 fully saturated rings. The second-order valence-electron chi connectivity index (χ2n) is 5.11. The van der Waals surface area contributed by atoms with Gasteiger partial charge in [0, 0.05) is 19.0 Å². The fourth-order valence-electron chi connectivity index (χ4n) is 1.95. The van der Waals surface area contributed by atoms with E-state index in [2.05, 4.69) is 25.2 Å². The third kappa shape index (κ3) is 4.66. The highest BCUT2D eigenvalue weighted by Crippen LogP contribution is 2.47. The quantitative estimate of drug-likeness (QED) is 0.622. The smallest absolute Gasteiger partial charge is 0.0628 e. The molecule has 0 saturated heterocycles. The molecule has 1 aliphatic rings. The molecule has 1 aliphatic carbocycles. The van der Waals surface area contributed by atoms with Crippen LogP contribution in [0.3, 0.4) is 0 Å². The Hall–Kier alpha value is -0.550. The standard InChI is InChI=1S/C13H24N2/c1-3-4-5-6-12(2)15-11-13(7-8-13)9-10-14/h12,15H,3-9,11H2,1-2H3. The van der Waals surface area contributed by atoms with E-state index in [4.69, 9.17) is 5.26 Å². The van der Waals surface area contributed by atoms with E-state index in [0.717, 1.165) is 13.0 Å². The minimum Gasteiger partial charge on any atom is -0.314 e. The minimum atomic E-state index is 0.355. The predicted octanol–water partition coefficient (Wildman–Crippen LogP) is 3.24. The highest BCUT2D eigenvalue weighted by atomic mass is 14.9. The van der Waals surface area contributed by atoms with Crippen molar-refractivity contribution in [3.8, 4) is 6.07 Å². The Morgan fingerprint density at radius 3 is 2.67 bits per heavy atom. The zero-order valence-electron chi connectivity index (χ0n) is 10.2. The first-order chi connectivity index (χ1) is 7.22. The third-order valence-corrected chi connectivity index (χ3v) is 3.48. The molecule has 0 heterocycles. The van der Waals surface area contributed by atoms with E-state index >= 15 is 0 Å². The molecule has 0 aromatic heterocycles. The molecular weight excluding hydrogens is 184 g/mol. The lowest BCUT2D eigenvalue weighted by Gasteiger charge is -2.17. The van der Waals surface area contributed by atoms with Crippen molar-refractivity contribution in [2.24, 2.45) is 5.41 Å². The van der Waals surface area contributed by atoms with Crippen LogP contribution >= 0.6 is 0 Å². The predicted molar refractivity (Wildman–Crippen MR) is 63.5 cm³/mol. The Bertz CT molecular complexity index is 213. The topological polar surface area (TPSA) is 35.8 Å². The summed E-state index contributed by atoms with van der Waals surface area (Å²) in [6, 6.07) is 2.92. The van der Waals surface area contributed by atoms with Gasteiger partial charge in [0.15, 0.2) is 0 Å². The minimum absolute atomic E-state index is 0.355. The first-order valence-electron chi connectivity index (χ1n) is 6.33. The molecule has 0 radical (unpaired) electrons. The number of nitriles is 1. The molecule has 2 nitrogen and oxygen atoms in total. The molecule has 1 rings (SSSR count). The Morgan fingerprint density at radius 1 is 1.40 bits per heavy atom. The lowest BCUT2D eigenvalue weighted by molar-refractivity contribution is 0.407. The van der Waals surface area contributed by atoms with E-state index in [-0.39, 0.29) is 0 Å². The van der Waals surface area contributed by atoms with E-state index < -0.39 is 0 Å². The van der Waals surface area contributed by atoms with Crippen molar-refractivity contribution in [2.75, 3.05) is 6.54 Å². The SMILES string of the molecule is CCCCCC(C)NCC1(CC#N)CC1. The van der Waals surface area contributed by atoms with E-state index in [1.165, 1.54) is 38.5 Å². The number of hydrogen-bond donors (Lipinski definition) is 1. The molecule has 1 unspecified atom stereocenters. The summed E-state index contributed by atoms with van der Waals surface area (Å²) in [4.78, 5) is 0. The molecule has 1 N–H and O–H groups in total. The number of rotatable bonds is 8. The van der Waals surface area contributed by atoms with Crippen LogP contribution in [0.1, 0.15) is 58.8 Å². The van der Waals surface area contributed by atoms with Gasteiger partial charge in [0.1, 0.15) is 0 Å². The van der Waals surface area contributed by atoms with E-state index in [9.17, 15) is 0 Å². The molecule has 0 spiro atoms. The summed E-state index contributed by atoms with van der Waals surface area (Å²) in [5.74, 6) is 0. The second kappa shape index (κ2) is 6.12. The van der Waals surface area contributed by atoms with Crippen molar-refractivity contribution in [2.45, 2.75) is 64.8 Å². The summed E-state index contributed by atoms with van der Waals surface area (Å²) in [7, 11) is 0. The van der Waals surface area contributed by atoms with Crippen LogP contribution in [0.15, 0.2) is 0 Å². The molecular formula is C13H24N2. The zero-order valence-corrected chi connectivity index (χ0v) is 10.2. The van der Waals surface area contributed by atoms with Gasteiger partial charge in [-0.1, -0.05) is 26.2 Å². The van der Waals surface area contributed by atoms with Gasteiger partial charge in [0.2, 0.25) is 0 Å². The maximum Gasteiger partial charge on any atom is 0.0628 e. The van der Waals surface area contributed by atoms with Crippen molar-refractivity contribution < 1.29 is 0 Å². The molecule has 86 valence electrons. The maximum absolute atomic E-state index is 8.70. The second-order valence-corrected chi connectivity index (χ2v) is 5.11. The monoisotopic (exact) mass is 208 g/mol. The fourth-order valence-corrected chi connectivity index (χ4v) is 1.95. The van der Waals surface area contributed by atoms with Crippen LogP contribution in [0.5, 0.6) is 0 Å². The molecule has 1 saturated carbocycles. The van der Waals surface area contributed by atoms with Crippen molar-refractivity contribution >= 4 is 0 Å². The summed E-state index contributed by atoms with van der Waals surface area (Å²) in [5.41, 5.74) is 0.355. The van der Waals surface area contributed by atoms with Gasteiger partial charge in [-0.2, -0.15) is 5.26 Å². The average Bonchev–Trinajstić information content (AvgIpc) is 2.97. The maximum atomic E-state index is 8.70. The lowest BCUT2D eigenvalue weighted by atomic mass is 10.0. The van der Waals surface area contributed by atoms with Crippen LogP contribution in [0, 0.1) is 16.7 Å². The van der Waals surface area contributed by atoms with Crippen LogP contribution in [-0.4, -0.2) is 12.6 Å². The number of unbranched alkanes of at least 4 members (excludes halogenated alkanes) is 2. The average molecular weight is 208 g/mol. The molecule has 15 heavy (non-hydrogen) atoms. The highest BCUT2D eigenvalue weighted by molar-refractivity contribution is 5.00. The van der Waals surface area contributed by atoms with Gasteiger partial charge in [-0.3, -0.25) is 0 Å². The van der Waals surface area contributed by atoms with Crippen LogP contribution in [0.2, 0.25) is 0 Å². The molecule has 0 amide bonds. The molecule has 2 heteroatoms. The first-order valence-corrected chi connectivity index (χ1v) is 6.33. The Balaban J connectivity index is 2.06. The van der Waals surface area contributed by atoms with Crippen molar-refractivity contribution in [1.82, 2.24) is 5.32 Å². The molecule has 0 aromatic rings. The summed E-state index contributed by atoms with van der Waals surface area (Å²) in [5, 5.41) is 12.3. The number of nitrogens with one attached hydrogen (secondary N) is 1. The van der Waals surface area contributed by atoms with Crippen LogP contribution in [0.25, 0.3) is 0 Å². The highest BCUT2D eigenvalue weighted by Gasteiger charge is 2.41. The molecule has 0 aliphatic heterocycles. The molecule has 0 bridgehead atoms. The number of hydrogen-bond acceptors (Lipinski definition) is 2. The summed E-state index contributed by atoms with van der Waals surface area (Å²) >= 11 is 0. The number of nitrogens with zero attached hydrogens (tertiary/aromatic N) is 1. The lowest BCUT2D eigenvalue weighted by Crippen LogP contribution is -2.31. The van der Waals surface area contributed by atoms with E-state index in [0.29, 0.717) is 11.5 Å². The Kier molecular flexibility index (Phi) is 5.11. The normalized spacial score (nSPS) is 19.5. The fraction of sp³-hybridized carbons (Fsp3) is 0.923. The molecule has 0 aromatic carbocycles. The van der Waals surface area contributed by atoms with Gasteiger partial charge < -0.3 is 5.32 Å². The van der Waals surface area contributed by atoms with Gasteiger partial charge in [0.05, 0.1) is 6.07 Å². The Labute approximate surface area is 94.1 Å². The van der Waals surface area contributed by atoms with Crippen molar-refractivity contribution in [1.29, 1.82) is 5.26 Å². The first kappa shape index (κ1) is 12.5. The van der Waals surface area contributed by atoms with E-state index in [1.54, 1.807) is 0 Å². The summed E-state index contributed by atoms with van der Waals surface area (Å²) in [6.45, 7) is 5.55. The molecule has 1 atom stereocenters. The van der Waals surface area contributed by atoms with Crippen molar-refractivity contribution in [3.05, 3.63) is 0 Å². The third-order valence-electron chi connectivity index (χ3n) is 3.48.